The van der Waals surface area contributed by atoms with Crippen LogP contribution in [0.3, 0.4) is 0 Å². The van der Waals surface area contributed by atoms with Gasteiger partial charge in [0.05, 0.1) is 0 Å². The Morgan fingerprint density at radius 1 is 1.29 bits per heavy atom. The molecule has 1 saturated heterocycles. The van der Waals surface area contributed by atoms with Crippen molar-refractivity contribution in [3.8, 4) is 0 Å². The number of carbonyl (C=O) groups is 1. The Labute approximate surface area is 85.1 Å². The molecule has 0 radical (unpaired) electrons. The lowest BCUT2D eigenvalue weighted by Gasteiger charge is -2.42. The molecule has 1 saturated carbocycles. The SMILES string of the molecule is O=C(O)CC1CCCN(C2CCC2)C1. The van der Waals surface area contributed by atoms with Gasteiger partial charge in [-0.15, -0.1) is 0 Å². The van der Waals surface area contributed by atoms with E-state index in [0.29, 0.717) is 12.3 Å². The van der Waals surface area contributed by atoms with E-state index < -0.39 is 5.97 Å². The zero-order valence-electron chi connectivity index (χ0n) is 8.61. The first-order valence-corrected chi connectivity index (χ1v) is 5.71. The molecule has 1 aliphatic heterocycles. The summed E-state index contributed by atoms with van der Waals surface area (Å²) < 4.78 is 0. The third-order valence-electron chi connectivity index (χ3n) is 3.60. The van der Waals surface area contributed by atoms with Crippen LogP contribution in [0.4, 0.5) is 0 Å². The highest BCUT2D eigenvalue weighted by molar-refractivity contribution is 5.67. The number of aliphatic carboxylic acids is 1. The Hall–Kier alpha value is -0.570. The van der Waals surface area contributed by atoms with Crippen LogP contribution in [0.2, 0.25) is 0 Å². The van der Waals surface area contributed by atoms with Crippen LogP contribution in [-0.2, 0) is 4.79 Å². The second kappa shape index (κ2) is 4.30. The third-order valence-corrected chi connectivity index (χ3v) is 3.60. The van der Waals surface area contributed by atoms with Gasteiger partial charge in [-0.25, -0.2) is 0 Å². The summed E-state index contributed by atoms with van der Waals surface area (Å²) in [7, 11) is 0. The lowest BCUT2D eigenvalue weighted by atomic mass is 9.87. The standard InChI is InChI=1S/C11H19NO2/c13-11(14)7-9-3-2-6-12(8-9)10-4-1-5-10/h9-10H,1-8H2,(H,13,14). The normalized spacial score (nSPS) is 29.9. The van der Waals surface area contributed by atoms with E-state index in [9.17, 15) is 4.79 Å². The van der Waals surface area contributed by atoms with Crippen molar-refractivity contribution >= 4 is 5.97 Å². The number of hydrogen-bond donors (Lipinski definition) is 1. The van der Waals surface area contributed by atoms with Crippen molar-refractivity contribution in [2.45, 2.75) is 44.6 Å². The molecular weight excluding hydrogens is 178 g/mol. The van der Waals surface area contributed by atoms with Crippen molar-refractivity contribution in [2.75, 3.05) is 13.1 Å². The lowest BCUT2D eigenvalue weighted by molar-refractivity contribution is -0.138. The summed E-state index contributed by atoms with van der Waals surface area (Å²) in [6.45, 7) is 2.22. The Bertz CT molecular complexity index is 213. The molecule has 0 spiro atoms. The van der Waals surface area contributed by atoms with Crippen molar-refractivity contribution < 1.29 is 9.90 Å². The summed E-state index contributed by atoms with van der Waals surface area (Å²) in [6.07, 6.45) is 6.69. The fraction of sp³-hybridized carbons (Fsp3) is 0.909. The summed E-state index contributed by atoms with van der Waals surface area (Å²) in [4.78, 5) is 13.1. The molecule has 14 heavy (non-hydrogen) atoms. The van der Waals surface area contributed by atoms with Crippen molar-refractivity contribution in [3.63, 3.8) is 0 Å². The van der Waals surface area contributed by atoms with Gasteiger partial charge < -0.3 is 10.0 Å². The zero-order valence-corrected chi connectivity index (χ0v) is 8.61. The molecular formula is C11H19NO2. The molecule has 0 amide bonds. The van der Waals surface area contributed by atoms with E-state index in [2.05, 4.69) is 4.90 Å². The van der Waals surface area contributed by atoms with Gasteiger partial charge in [-0.1, -0.05) is 6.42 Å². The molecule has 1 N–H and O–H groups in total. The average Bonchev–Trinajstić information content (AvgIpc) is 1.99. The summed E-state index contributed by atoms with van der Waals surface area (Å²) in [6, 6.07) is 0.784. The number of nitrogens with zero attached hydrogens (tertiary/aromatic N) is 1. The minimum absolute atomic E-state index is 0.364. The second-order valence-corrected chi connectivity index (χ2v) is 4.69. The molecule has 2 rings (SSSR count). The molecule has 80 valence electrons. The van der Waals surface area contributed by atoms with Crippen LogP contribution in [0.5, 0.6) is 0 Å². The highest BCUT2D eigenvalue weighted by Gasteiger charge is 2.29. The molecule has 1 unspecified atom stereocenters. The average molecular weight is 197 g/mol. The number of rotatable bonds is 3. The highest BCUT2D eigenvalue weighted by Crippen LogP contribution is 2.29. The Balaban J connectivity index is 1.80. The van der Waals surface area contributed by atoms with Crippen molar-refractivity contribution in [1.82, 2.24) is 4.90 Å². The molecule has 3 nitrogen and oxygen atoms in total. The summed E-state index contributed by atoms with van der Waals surface area (Å²) in [5.41, 5.74) is 0. The van der Waals surface area contributed by atoms with Crippen molar-refractivity contribution in [3.05, 3.63) is 0 Å². The molecule has 0 aromatic rings. The molecule has 2 aliphatic rings. The van der Waals surface area contributed by atoms with Crippen LogP contribution in [0.25, 0.3) is 0 Å². The molecule has 1 heterocycles. The number of hydrogen-bond acceptors (Lipinski definition) is 2. The molecule has 0 bridgehead atoms. The zero-order chi connectivity index (χ0) is 9.97. The fourth-order valence-corrected chi connectivity index (χ4v) is 2.59. The molecule has 1 atom stereocenters. The number of likely N-dealkylation sites (tertiary alicyclic amines) is 1. The van der Waals surface area contributed by atoms with Gasteiger partial charge in [-0.05, 0) is 38.1 Å². The van der Waals surface area contributed by atoms with E-state index in [1.165, 1.54) is 32.2 Å². The van der Waals surface area contributed by atoms with Crippen LogP contribution in [0.15, 0.2) is 0 Å². The molecule has 0 aromatic heterocycles. The predicted molar refractivity (Wildman–Crippen MR) is 54.2 cm³/mol. The van der Waals surface area contributed by atoms with Gasteiger partial charge >= 0.3 is 5.97 Å². The third kappa shape index (κ3) is 2.27. The molecule has 2 fully saturated rings. The maximum Gasteiger partial charge on any atom is 0.303 e. The first-order valence-electron chi connectivity index (χ1n) is 5.71. The van der Waals surface area contributed by atoms with E-state index in [0.717, 1.165) is 19.0 Å². The number of carboxylic acid groups (broad SMARTS) is 1. The van der Waals surface area contributed by atoms with Crippen LogP contribution in [-0.4, -0.2) is 35.1 Å². The van der Waals surface area contributed by atoms with Gasteiger partial charge in [0.25, 0.3) is 0 Å². The number of carboxylic acids is 1. The minimum atomic E-state index is -0.634. The molecule has 3 heteroatoms. The van der Waals surface area contributed by atoms with E-state index >= 15 is 0 Å². The smallest absolute Gasteiger partial charge is 0.303 e. The van der Waals surface area contributed by atoms with E-state index in [4.69, 9.17) is 5.11 Å². The molecule has 1 aliphatic carbocycles. The maximum atomic E-state index is 10.6. The van der Waals surface area contributed by atoms with E-state index in [-0.39, 0.29) is 0 Å². The predicted octanol–water partition coefficient (Wildman–Crippen LogP) is 1.73. The van der Waals surface area contributed by atoms with Gasteiger partial charge in [0.15, 0.2) is 0 Å². The molecule has 0 aromatic carbocycles. The second-order valence-electron chi connectivity index (χ2n) is 4.69. The van der Waals surface area contributed by atoms with Crippen LogP contribution >= 0.6 is 0 Å². The summed E-state index contributed by atoms with van der Waals surface area (Å²) in [5, 5.41) is 8.74. The van der Waals surface area contributed by atoms with E-state index in [1.54, 1.807) is 0 Å². The fourth-order valence-electron chi connectivity index (χ4n) is 2.59. The first kappa shape index (κ1) is 9.97. The number of piperidine rings is 1. The van der Waals surface area contributed by atoms with Crippen LogP contribution in [0, 0.1) is 5.92 Å². The van der Waals surface area contributed by atoms with Crippen molar-refractivity contribution in [1.29, 1.82) is 0 Å². The lowest BCUT2D eigenvalue weighted by Crippen LogP contribution is -2.46. The Morgan fingerprint density at radius 3 is 2.64 bits per heavy atom. The summed E-state index contributed by atoms with van der Waals surface area (Å²) >= 11 is 0. The largest absolute Gasteiger partial charge is 0.481 e. The van der Waals surface area contributed by atoms with Gasteiger partial charge in [0.1, 0.15) is 0 Å². The Morgan fingerprint density at radius 2 is 2.07 bits per heavy atom. The van der Waals surface area contributed by atoms with Gasteiger partial charge in [-0.2, -0.15) is 0 Å². The summed E-state index contributed by atoms with van der Waals surface area (Å²) in [5.74, 6) is -0.229. The first-order chi connectivity index (χ1) is 6.75. The van der Waals surface area contributed by atoms with Crippen LogP contribution < -0.4 is 0 Å². The van der Waals surface area contributed by atoms with Crippen LogP contribution in [0.1, 0.15) is 38.5 Å². The topological polar surface area (TPSA) is 40.5 Å². The van der Waals surface area contributed by atoms with Crippen molar-refractivity contribution in [2.24, 2.45) is 5.92 Å². The Kier molecular flexibility index (Phi) is 3.06. The van der Waals surface area contributed by atoms with E-state index in [1.807, 2.05) is 0 Å². The van der Waals surface area contributed by atoms with Gasteiger partial charge in [-0.3, -0.25) is 4.79 Å². The van der Waals surface area contributed by atoms with Gasteiger partial charge in [0, 0.05) is 19.0 Å². The highest BCUT2D eigenvalue weighted by atomic mass is 16.4. The van der Waals surface area contributed by atoms with Gasteiger partial charge in [0.2, 0.25) is 0 Å². The minimum Gasteiger partial charge on any atom is -0.481 e. The maximum absolute atomic E-state index is 10.6. The quantitative estimate of drug-likeness (QED) is 0.749. The monoisotopic (exact) mass is 197 g/mol.